The first-order valence-electron chi connectivity index (χ1n) is 4.15. The summed E-state index contributed by atoms with van der Waals surface area (Å²) in [4.78, 5) is 20.9. The fourth-order valence-corrected chi connectivity index (χ4v) is 0.798. The van der Waals surface area contributed by atoms with Gasteiger partial charge in [-0.05, 0) is 6.42 Å². The summed E-state index contributed by atoms with van der Waals surface area (Å²) in [6.07, 6.45) is 3.34. The van der Waals surface area contributed by atoms with E-state index in [0.29, 0.717) is 6.42 Å². The molecular weight excluding hydrogens is 181 g/mol. The Morgan fingerprint density at radius 1 is 1.31 bits per heavy atom. The van der Waals surface area contributed by atoms with Crippen molar-refractivity contribution >= 4 is 41.4 Å². The minimum absolute atomic E-state index is 0. The third-order valence-electron chi connectivity index (χ3n) is 1.44. The molecule has 0 aromatic heterocycles. The molecule has 0 aromatic carbocycles. The Hall–Kier alpha value is -0.0600. The summed E-state index contributed by atoms with van der Waals surface area (Å²) in [7, 11) is 0. The monoisotopic (exact) mass is 197 g/mol. The molecule has 1 amide bonds. The molecule has 0 bridgehead atoms. The first-order valence-corrected chi connectivity index (χ1v) is 4.15. The van der Waals surface area contributed by atoms with Crippen LogP contribution in [-0.4, -0.2) is 53.1 Å². The van der Waals surface area contributed by atoms with E-state index in [1.807, 2.05) is 0 Å². The maximum absolute atomic E-state index is 10.8. The van der Waals surface area contributed by atoms with E-state index in [1.165, 1.54) is 0 Å². The van der Waals surface area contributed by atoms with Gasteiger partial charge >= 0.3 is 35.5 Å². The SMILES string of the molecule is CCCCCC(=O)NCC(=O)O.[NaH]. The van der Waals surface area contributed by atoms with Gasteiger partial charge in [0.2, 0.25) is 5.91 Å². The van der Waals surface area contributed by atoms with Gasteiger partial charge < -0.3 is 10.4 Å². The summed E-state index contributed by atoms with van der Waals surface area (Å²) in [5.74, 6) is -1.18. The number of aliphatic carboxylic acids is 1. The van der Waals surface area contributed by atoms with E-state index in [0.717, 1.165) is 19.3 Å². The third-order valence-corrected chi connectivity index (χ3v) is 1.44. The van der Waals surface area contributed by atoms with Crippen molar-refractivity contribution in [3.63, 3.8) is 0 Å². The van der Waals surface area contributed by atoms with Gasteiger partial charge in [-0.2, -0.15) is 0 Å². The molecule has 0 radical (unpaired) electrons. The summed E-state index contributed by atoms with van der Waals surface area (Å²) in [6.45, 7) is 1.78. The normalized spacial score (nSPS) is 8.69. The van der Waals surface area contributed by atoms with E-state index >= 15 is 0 Å². The van der Waals surface area contributed by atoms with Crippen LogP contribution in [0.15, 0.2) is 0 Å². The van der Waals surface area contributed by atoms with Crippen molar-refractivity contribution in [2.24, 2.45) is 0 Å². The third kappa shape index (κ3) is 11.9. The van der Waals surface area contributed by atoms with Crippen LogP contribution in [-0.2, 0) is 9.59 Å². The van der Waals surface area contributed by atoms with Gasteiger partial charge in [0.1, 0.15) is 6.54 Å². The first-order chi connectivity index (χ1) is 5.66. The zero-order valence-corrected chi connectivity index (χ0v) is 7.30. The molecule has 0 saturated heterocycles. The van der Waals surface area contributed by atoms with Crippen molar-refractivity contribution in [3.05, 3.63) is 0 Å². The topological polar surface area (TPSA) is 66.4 Å². The second-order valence-electron chi connectivity index (χ2n) is 2.63. The molecule has 0 aliphatic carbocycles. The van der Waals surface area contributed by atoms with Crippen LogP contribution in [0.4, 0.5) is 0 Å². The van der Waals surface area contributed by atoms with Crippen molar-refractivity contribution in [1.82, 2.24) is 5.32 Å². The number of carbonyl (C=O) groups excluding carboxylic acids is 1. The standard InChI is InChI=1S/C8H15NO3.Na.H/c1-2-3-4-5-7(10)9-6-8(11)12;;/h2-6H2,1H3,(H,9,10)(H,11,12);;. The quantitative estimate of drug-likeness (QED) is 0.469. The molecule has 0 unspecified atom stereocenters. The van der Waals surface area contributed by atoms with Crippen LogP contribution >= 0.6 is 0 Å². The molecule has 0 aromatic rings. The zero-order chi connectivity index (χ0) is 9.40. The van der Waals surface area contributed by atoms with Crippen LogP contribution in [0, 0.1) is 0 Å². The number of hydrogen-bond acceptors (Lipinski definition) is 2. The average Bonchev–Trinajstić information content (AvgIpc) is 2.01. The summed E-state index contributed by atoms with van der Waals surface area (Å²) >= 11 is 0. The Labute approximate surface area is 100 Å². The number of unbranched alkanes of at least 4 members (excludes halogenated alkanes) is 2. The second-order valence-corrected chi connectivity index (χ2v) is 2.63. The van der Waals surface area contributed by atoms with E-state index in [2.05, 4.69) is 12.2 Å². The molecule has 0 saturated carbocycles. The summed E-state index contributed by atoms with van der Waals surface area (Å²) in [5.41, 5.74) is 0. The van der Waals surface area contributed by atoms with Gasteiger partial charge in [-0.3, -0.25) is 9.59 Å². The number of carbonyl (C=O) groups is 2. The number of rotatable bonds is 6. The predicted molar refractivity (Wildman–Crippen MR) is 51.9 cm³/mol. The van der Waals surface area contributed by atoms with Crippen molar-refractivity contribution in [1.29, 1.82) is 0 Å². The van der Waals surface area contributed by atoms with Crippen LogP contribution in [0.25, 0.3) is 0 Å². The first kappa shape index (κ1) is 15.4. The van der Waals surface area contributed by atoms with Crippen molar-refractivity contribution < 1.29 is 14.7 Å². The number of carboxylic acids is 1. The zero-order valence-electron chi connectivity index (χ0n) is 7.30. The molecule has 0 spiro atoms. The van der Waals surface area contributed by atoms with Crippen molar-refractivity contribution in [2.75, 3.05) is 6.54 Å². The molecule has 0 fully saturated rings. The maximum atomic E-state index is 10.8. The minimum atomic E-state index is -1.00. The van der Waals surface area contributed by atoms with Crippen LogP contribution in [0.1, 0.15) is 32.6 Å². The van der Waals surface area contributed by atoms with Gasteiger partial charge in [0.05, 0.1) is 0 Å². The Balaban J connectivity index is 0. The molecule has 0 rings (SSSR count). The summed E-state index contributed by atoms with van der Waals surface area (Å²) in [6, 6.07) is 0. The molecular formula is C8H16NNaO3. The van der Waals surface area contributed by atoms with Crippen LogP contribution in [0.3, 0.4) is 0 Å². The van der Waals surface area contributed by atoms with Crippen LogP contribution < -0.4 is 5.32 Å². The molecule has 0 aliphatic heterocycles. The molecule has 0 atom stereocenters. The summed E-state index contributed by atoms with van der Waals surface area (Å²) < 4.78 is 0. The predicted octanol–water partition coefficient (Wildman–Crippen LogP) is 0.119. The van der Waals surface area contributed by atoms with Gasteiger partial charge in [-0.25, -0.2) is 0 Å². The molecule has 0 heterocycles. The molecule has 0 aliphatic rings. The van der Waals surface area contributed by atoms with Crippen LogP contribution in [0.5, 0.6) is 0 Å². The van der Waals surface area contributed by atoms with Gasteiger partial charge in [-0.1, -0.05) is 19.8 Å². The van der Waals surface area contributed by atoms with E-state index in [4.69, 9.17) is 5.11 Å². The Bertz CT molecular complexity index is 161. The van der Waals surface area contributed by atoms with Gasteiger partial charge in [0.15, 0.2) is 0 Å². The van der Waals surface area contributed by atoms with Gasteiger partial charge in [0.25, 0.3) is 0 Å². The second kappa shape index (κ2) is 10.0. The Morgan fingerprint density at radius 3 is 2.38 bits per heavy atom. The fraction of sp³-hybridized carbons (Fsp3) is 0.750. The van der Waals surface area contributed by atoms with Gasteiger partial charge in [-0.15, -0.1) is 0 Å². The molecule has 72 valence electrons. The molecule has 5 heteroatoms. The Kier molecular flexibility index (Phi) is 11.9. The van der Waals surface area contributed by atoms with Crippen LogP contribution in [0.2, 0.25) is 0 Å². The van der Waals surface area contributed by atoms with Crippen molar-refractivity contribution in [3.8, 4) is 0 Å². The van der Waals surface area contributed by atoms with E-state index < -0.39 is 5.97 Å². The summed E-state index contributed by atoms with van der Waals surface area (Å²) in [5, 5.41) is 10.5. The number of amides is 1. The average molecular weight is 197 g/mol. The molecule has 13 heavy (non-hydrogen) atoms. The fourth-order valence-electron chi connectivity index (χ4n) is 0.798. The molecule has 2 N–H and O–H groups in total. The van der Waals surface area contributed by atoms with E-state index in [9.17, 15) is 9.59 Å². The van der Waals surface area contributed by atoms with E-state index in [-0.39, 0.29) is 42.0 Å². The number of hydrogen-bond donors (Lipinski definition) is 2. The number of nitrogens with one attached hydrogen (secondary N) is 1. The van der Waals surface area contributed by atoms with Gasteiger partial charge in [0, 0.05) is 6.42 Å². The van der Waals surface area contributed by atoms with E-state index in [1.54, 1.807) is 0 Å². The number of carboxylic acid groups (broad SMARTS) is 1. The molecule has 4 nitrogen and oxygen atoms in total. The van der Waals surface area contributed by atoms with Crippen molar-refractivity contribution in [2.45, 2.75) is 32.6 Å². The Morgan fingerprint density at radius 2 is 1.92 bits per heavy atom.